The molecular formula is C26H28N2O2. The molecule has 30 heavy (non-hydrogen) atoms. The van der Waals surface area contributed by atoms with E-state index in [0.29, 0.717) is 12.5 Å². The van der Waals surface area contributed by atoms with Crippen LogP contribution in [0.3, 0.4) is 0 Å². The van der Waals surface area contributed by atoms with Gasteiger partial charge in [-0.2, -0.15) is 0 Å². The van der Waals surface area contributed by atoms with E-state index in [1.807, 2.05) is 56.3 Å². The molecule has 0 radical (unpaired) electrons. The van der Waals surface area contributed by atoms with Crippen LogP contribution >= 0.6 is 0 Å². The van der Waals surface area contributed by atoms with Crippen LogP contribution in [0, 0.1) is 5.92 Å². The van der Waals surface area contributed by atoms with E-state index in [1.54, 1.807) is 0 Å². The molecule has 1 aliphatic rings. The first-order valence-electron chi connectivity index (χ1n) is 10.5. The van der Waals surface area contributed by atoms with Crippen molar-refractivity contribution >= 4 is 11.6 Å². The maximum atomic E-state index is 12.1. The van der Waals surface area contributed by atoms with Gasteiger partial charge < -0.3 is 15.4 Å². The third kappa shape index (κ3) is 5.20. The van der Waals surface area contributed by atoms with E-state index in [9.17, 15) is 4.79 Å². The van der Waals surface area contributed by atoms with E-state index in [1.165, 1.54) is 5.56 Å². The van der Waals surface area contributed by atoms with Crippen molar-refractivity contribution in [3.63, 3.8) is 0 Å². The Bertz CT molecular complexity index is 983. The van der Waals surface area contributed by atoms with Gasteiger partial charge in [0, 0.05) is 24.2 Å². The molecule has 2 atom stereocenters. The molecule has 2 N–H and O–H groups in total. The van der Waals surface area contributed by atoms with E-state index in [2.05, 4.69) is 47.0 Å². The Morgan fingerprint density at radius 1 is 0.967 bits per heavy atom. The number of benzene rings is 3. The Morgan fingerprint density at radius 3 is 2.43 bits per heavy atom. The molecule has 4 nitrogen and oxygen atoms in total. The van der Waals surface area contributed by atoms with Crippen molar-refractivity contribution in [3.8, 4) is 11.5 Å². The third-order valence-electron chi connectivity index (χ3n) is 5.27. The molecule has 3 aromatic rings. The maximum Gasteiger partial charge on any atom is 0.223 e. The molecule has 0 aliphatic heterocycles. The lowest BCUT2D eigenvalue weighted by atomic mass is 10.1. The highest BCUT2D eigenvalue weighted by Crippen LogP contribution is 2.47. The van der Waals surface area contributed by atoms with Gasteiger partial charge >= 0.3 is 0 Å². The second-order valence-electron chi connectivity index (χ2n) is 8.15. The lowest BCUT2D eigenvalue weighted by Gasteiger charge is -2.10. The number of anilines is 1. The molecule has 4 rings (SSSR count). The Morgan fingerprint density at radius 2 is 1.70 bits per heavy atom. The number of carbonyl (C=O) groups excluding carboxylic acids is 1. The van der Waals surface area contributed by atoms with Crippen LogP contribution in [0.4, 0.5) is 5.69 Å². The van der Waals surface area contributed by atoms with Crippen LogP contribution in [-0.2, 0) is 11.3 Å². The SMILES string of the molecule is CC(C)NC(=O)[C@H]1C[C@@H]1c1ccc(NCc2cccc(Oc3ccccc3)c2)cc1. The summed E-state index contributed by atoms with van der Waals surface area (Å²) >= 11 is 0. The second kappa shape index (κ2) is 9.04. The quantitative estimate of drug-likeness (QED) is 0.508. The number of para-hydroxylation sites is 1. The van der Waals surface area contributed by atoms with Gasteiger partial charge in [0.05, 0.1) is 0 Å². The van der Waals surface area contributed by atoms with Crippen LogP contribution in [0.5, 0.6) is 11.5 Å². The summed E-state index contributed by atoms with van der Waals surface area (Å²) in [6, 6.07) is 26.5. The van der Waals surface area contributed by atoms with E-state index < -0.39 is 0 Å². The first-order chi connectivity index (χ1) is 14.6. The average molecular weight is 401 g/mol. The van der Waals surface area contributed by atoms with Crippen LogP contribution in [0.15, 0.2) is 78.9 Å². The van der Waals surface area contributed by atoms with E-state index in [-0.39, 0.29) is 17.9 Å². The van der Waals surface area contributed by atoms with Gasteiger partial charge in [-0.3, -0.25) is 4.79 Å². The number of carbonyl (C=O) groups is 1. The van der Waals surface area contributed by atoms with Gasteiger partial charge in [-0.05, 0) is 73.7 Å². The Hall–Kier alpha value is -3.27. The molecule has 1 saturated carbocycles. The summed E-state index contributed by atoms with van der Waals surface area (Å²) in [6.07, 6.45) is 0.944. The number of nitrogens with one attached hydrogen (secondary N) is 2. The van der Waals surface area contributed by atoms with Gasteiger partial charge in [-0.25, -0.2) is 0 Å². The highest BCUT2D eigenvalue weighted by Gasteiger charge is 2.43. The van der Waals surface area contributed by atoms with Crippen LogP contribution < -0.4 is 15.4 Å². The summed E-state index contributed by atoms with van der Waals surface area (Å²) in [4.78, 5) is 12.1. The van der Waals surface area contributed by atoms with E-state index >= 15 is 0 Å². The van der Waals surface area contributed by atoms with E-state index in [4.69, 9.17) is 4.74 Å². The zero-order chi connectivity index (χ0) is 20.9. The normalized spacial score (nSPS) is 17.4. The number of amides is 1. The summed E-state index contributed by atoms with van der Waals surface area (Å²) in [5, 5.41) is 6.48. The molecule has 1 fully saturated rings. The first-order valence-corrected chi connectivity index (χ1v) is 10.5. The maximum absolute atomic E-state index is 12.1. The molecule has 0 unspecified atom stereocenters. The van der Waals surface area contributed by atoms with Gasteiger partial charge in [0.25, 0.3) is 0 Å². The summed E-state index contributed by atoms with van der Waals surface area (Å²) in [6.45, 7) is 4.71. The van der Waals surface area contributed by atoms with Crippen LogP contribution in [-0.4, -0.2) is 11.9 Å². The zero-order valence-corrected chi connectivity index (χ0v) is 17.5. The summed E-state index contributed by atoms with van der Waals surface area (Å²) in [7, 11) is 0. The summed E-state index contributed by atoms with van der Waals surface area (Å²) in [5.74, 6) is 2.31. The highest BCUT2D eigenvalue weighted by molar-refractivity contribution is 5.83. The van der Waals surface area contributed by atoms with Crippen molar-refractivity contribution < 1.29 is 9.53 Å². The van der Waals surface area contributed by atoms with Crippen molar-refractivity contribution in [2.75, 3.05) is 5.32 Å². The Balaban J connectivity index is 1.31. The van der Waals surface area contributed by atoms with Crippen LogP contribution in [0.25, 0.3) is 0 Å². The third-order valence-corrected chi connectivity index (χ3v) is 5.27. The minimum atomic E-state index is 0.124. The van der Waals surface area contributed by atoms with Gasteiger partial charge in [0.2, 0.25) is 5.91 Å². The molecule has 154 valence electrons. The minimum absolute atomic E-state index is 0.124. The van der Waals surface area contributed by atoms with Crippen LogP contribution in [0.2, 0.25) is 0 Å². The monoisotopic (exact) mass is 400 g/mol. The minimum Gasteiger partial charge on any atom is -0.457 e. The molecule has 0 saturated heterocycles. The van der Waals surface area contributed by atoms with Crippen molar-refractivity contribution in [1.29, 1.82) is 0 Å². The second-order valence-corrected chi connectivity index (χ2v) is 8.15. The zero-order valence-electron chi connectivity index (χ0n) is 17.5. The first kappa shape index (κ1) is 20.0. The largest absolute Gasteiger partial charge is 0.457 e. The summed E-state index contributed by atoms with van der Waals surface area (Å²) in [5.41, 5.74) is 3.46. The number of hydrogen-bond acceptors (Lipinski definition) is 3. The molecule has 0 aromatic heterocycles. The molecule has 0 heterocycles. The average Bonchev–Trinajstić information content (AvgIpc) is 3.54. The molecule has 0 spiro atoms. The highest BCUT2D eigenvalue weighted by atomic mass is 16.5. The fourth-order valence-electron chi connectivity index (χ4n) is 3.64. The van der Waals surface area contributed by atoms with Crippen LogP contribution in [0.1, 0.15) is 37.3 Å². The molecule has 1 amide bonds. The predicted octanol–water partition coefficient (Wildman–Crippen LogP) is 5.72. The van der Waals surface area contributed by atoms with Crippen molar-refractivity contribution in [1.82, 2.24) is 5.32 Å². The van der Waals surface area contributed by atoms with Crippen molar-refractivity contribution in [2.24, 2.45) is 5.92 Å². The standard InChI is InChI=1S/C26H28N2O2/c1-18(2)28-26(29)25-16-24(25)20-11-13-21(14-12-20)27-17-19-7-6-10-23(15-19)30-22-8-4-3-5-9-22/h3-15,18,24-25,27H,16-17H2,1-2H3,(H,28,29)/t24-,25+/m1/s1. The number of rotatable bonds is 8. The van der Waals surface area contributed by atoms with Crippen molar-refractivity contribution in [2.45, 2.75) is 38.8 Å². The summed E-state index contributed by atoms with van der Waals surface area (Å²) < 4.78 is 5.91. The predicted molar refractivity (Wildman–Crippen MR) is 121 cm³/mol. The molecular weight excluding hydrogens is 372 g/mol. The number of ether oxygens (including phenoxy) is 1. The lowest BCUT2D eigenvalue weighted by molar-refractivity contribution is -0.122. The van der Waals surface area contributed by atoms with Gasteiger partial charge in [0.15, 0.2) is 0 Å². The van der Waals surface area contributed by atoms with Crippen molar-refractivity contribution in [3.05, 3.63) is 90.0 Å². The molecule has 0 bridgehead atoms. The fraction of sp³-hybridized carbons (Fsp3) is 0.269. The van der Waals surface area contributed by atoms with Gasteiger partial charge in [0.1, 0.15) is 11.5 Å². The molecule has 3 aromatic carbocycles. The topological polar surface area (TPSA) is 50.4 Å². The smallest absolute Gasteiger partial charge is 0.223 e. The lowest BCUT2D eigenvalue weighted by Crippen LogP contribution is -2.31. The Kier molecular flexibility index (Phi) is 6.03. The van der Waals surface area contributed by atoms with Gasteiger partial charge in [-0.1, -0.05) is 42.5 Å². The molecule has 4 heteroatoms. The molecule has 1 aliphatic carbocycles. The fourth-order valence-corrected chi connectivity index (χ4v) is 3.64. The Labute approximate surface area is 178 Å². The van der Waals surface area contributed by atoms with Gasteiger partial charge in [-0.15, -0.1) is 0 Å². The van der Waals surface area contributed by atoms with E-state index in [0.717, 1.165) is 29.2 Å². The number of hydrogen-bond donors (Lipinski definition) is 2.